The molecule has 31 heavy (non-hydrogen) atoms. The molecule has 0 radical (unpaired) electrons. The molecule has 162 valence electrons. The van der Waals surface area contributed by atoms with E-state index in [2.05, 4.69) is 4.90 Å². The van der Waals surface area contributed by atoms with Gasteiger partial charge in [0.15, 0.2) is 6.61 Å². The lowest BCUT2D eigenvalue weighted by molar-refractivity contribution is -0.134. The number of carbonyl (C=O) groups is 1. The number of aromatic nitrogens is 1. The van der Waals surface area contributed by atoms with Gasteiger partial charge in [0.1, 0.15) is 11.6 Å². The fourth-order valence-electron chi connectivity index (χ4n) is 3.89. The van der Waals surface area contributed by atoms with Gasteiger partial charge in [-0.2, -0.15) is 0 Å². The summed E-state index contributed by atoms with van der Waals surface area (Å²) >= 11 is 0. The van der Waals surface area contributed by atoms with Gasteiger partial charge < -0.3 is 19.1 Å². The molecular weight excluding hydrogens is 397 g/mol. The summed E-state index contributed by atoms with van der Waals surface area (Å²) in [5.41, 5.74) is 2.08. The molecule has 0 atom stereocenters. The van der Waals surface area contributed by atoms with Gasteiger partial charge in [-0.1, -0.05) is 12.1 Å². The molecule has 6 nitrogen and oxygen atoms in total. The Balaban J connectivity index is 1.58. The van der Waals surface area contributed by atoms with Gasteiger partial charge in [-0.05, 0) is 49.4 Å². The minimum absolute atomic E-state index is 0.0465. The van der Waals surface area contributed by atoms with Crippen molar-refractivity contribution >= 4 is 16.8 Å². The molecule has 1 fully saturated rings. The SMILES string of the molecule is Cc1cc(=O)n(Cc2cccc(F)c2)c2cc(OCC(=O)N3CCN(C)CC3)ccc12. The van der Waals surface area contributed by atoms with E-state index in [4.69, 9.17) is 4.74 Å². The van der Waals surface area contributed by atoms with E-state index in [-0.39, 0.29) is 30.4 Å². The molecule has 1 aromatic heterocycles. The molecule has 0 aliphatic carbocycles. The molecule has 0 unspecified atom stereocenters. The number of likely N-dealkylation sites (N-methyl/N-ethyl adjacent to an activating group) is 1. The maximum absolute atomic E-state index is 13.6. The summed E-state index contributed by atoms with van der Waals surface area (Å²) in [5, 5.41) is 0.911. The molecule has 1 aliphatic rings. The van der Waals surface area contributed by atoms with Crippen LogP contribution in [0.25, 0.3) is 10.9 Å². The molecule has 0 saturated carbocycles. The molecule has 0 N–H and O–H groups in total. The zero-order valence-electron chi connectivity index (χ0n) is 17.8. The lowest BCUT2D eigenvalue weighted by atomic mass is 10.1. The second-order valence-electron chi connectivity index (χ2n) is 8.03. The highest BCUT2D eigenvalue weighted by Gasteiger charge is 2.19. The lowest BCUT2D eigenvalue weighted by Crippen LogP contribution is -2.48. The highest BCUT2D eigenvalue weighted by atomic mass is 19.1. The monoisotopic (exact) mass is 423 g/mol. The van der Waals surface area contributed by atoms with E-state index in [0.717, 1.165) is 24.0 Å². The van der Waals surface area contributed by atoms with Crippen LogP contribution in [0.1, 0.15) is 11.1 Å². The summed E-state index contributed by atoms with van der Waals surface area (Å²) in [6, 6.07) is 13.3. The zero-order chi connectivity index (χ0) is 22.0. The second-order valence-corrected chi connectivity index (χ2v) is 8.03. The molecule has 1 saturated heterocycles. The fourth-order valence-corrected chi connectivity index (χ4v) is 3.89. The zero-order valence-corrected chi connectivity index (χ0v) is 17.8. The van der Waals surface area contributed by atoms with E-state index in [1.165, 1.54) is 12.1 Å². The number of hydrogen-bond donors (Lipinski definition) is 0. The summed E-state index contributed by atoms with van der Waals surface area (Å²) < 4.78 is 21.0. The smallest absolute Gasteiger partial charge is 0.260 e. The first-order chi connectivity index (χ1) is 14.9. The van der Waals surface area contributed by atoms with Crippen molar-refractivity contribution in [1.29, 1.82) is 0 Å². The number of nitrogens with zero attached hydrogens (tertiary/aromatic N) is 3. The summed E-state index contributed by atoms with van der Waals surface area (Å²) in [7, 11) is 2.04. The van der Waals surface area contributed by atoms with Crippen LogP contribution in [0.4, 0.5) is 4.39 Å². The first kappa shape index (κ1) is 21.1. The van der Waals surface area contributed by atoms with Crippen molar-refractivity contribution in [2.24, 2.45) is 0 Å². The summed E-state index contributed by atoms with van der Waals surface area (Å²) in [6.45, 7) is 5.19. The third-order valence-electron chi connectivity index (χ3n) is 5.74. The van der Waals surface area contributed by atoms with Gasteiger partial charge >= 0.3 is 0 Å². The van der Waals surface area contributed by atoms with Crippen LogP contribution in [0.3, 0.4) is 0 Å². The average Bonchev–Trinajstić information content (AvgIpc) is 2.75. The molecule has 0 bridgehead atoms. The number of hydrogen-bond acceptors (Lipinski definition) is 4. The molecule has 1 aliphatic heterocycles. The highest BCUT2D eigenvalue weighted by Crippen LogP contribution is 2.23. The van der Waals surface area contributed by atoms with Crippen LogP contribution in [-0.2, 0) is 11.3 Å². The van der Waals surface area contributed by atoms with Gasteiger partial charge in [0.25, 0.3) is 11.5 Å². The molecule has 7 heteroatoms. The number of carbonyl (C=O) groups excluding carboxylic acids is 1. The Labute approximate surface area is 180 Å². The highest BCUT2D eigenvalue weighted by molar-refractivity contribution is 5.84. The second kappa shape index (κ2) is 8.89. The summed E-state index contributed by atoms with van der Waals surface area (Å²) in [6.07, 6.45) is 0. The van der Waals surface area contributed by atoms with Crippen molar-refractivity contribution in [2.45, 2.75) is 13.5 Å². The number of pyridine rings is 1. The van der Waals surface area contributed by atoms with E-state index in [1.54, 1.807) is 28.8 Å². The van der Waals surface area contributed by atoms with Gasteiger partial charge in [0.2, 0.25) is 0 Å². The minimum Gasteiger partial charge on any atom is -0.484 e. The van der Waals surface area contributed by atoms with Gasteiger partial charge in [0.05, 0.1) is 12.1 Å². The van der Waals surface area contributed by atoms with Crippen molar-refractivity contribution in [1.82, 2.24) is 14.4 Å². The number of benzene rings is 2. The molecule has 1 amide bonds. The molecule has 2 aromatic carbocycles. The minimum atomic E-state index is -0.339. The van der Waals surface area contributed by atoms with E-state index in [1.807, 2.05) is 31.0 Å². The van der Waals surface area contributed by atoms with Crippen LogP contribution >= 0.6 is 0 Å². The maximum atomic E-state index is 13.6. The van der Waals surface area contributed by atoms with E-state index < -0.39 is 0 Å². The molecule has 2 heterocycles. The molecule has 4 rings (SSSR count). The maximum Gasteiger partial charge on any atom is 0.260 e. The lowest BCUT2D eigenvalue weighted by Gasteiger charge is -2.32. The van der Waals surface area contributed by atoms with Crippen LogP contribution in [0.15, 0.2) is 53.3 Å². The summed E-state index contributed by atoms with van der Waals surface area (Å²) in [4.78, 5) is 29.2. The van der Waals surface area contributed by atoms with Crippen LogP contribution in [-0.4, -0.2) is 60.1 Å². The van der Waals surface area contributed by atoms with Crippen LogP contribution in [0, 0.1) is 12.7 Å². The molecular formula is C24H26FN3O3. The number of fused-ring (bicyclic) bond motifs is 1. The first-order valence-corrected chi connectivity index (χ1v) is 10.4. The van der Waals surface area contributed by atoms with Gasteiger partial charge in [-0.15, -0.1) is 0 Å². The molecule has 0 spiro atoms. The predicted octanol–water partition coefficient (Wildman–Crippen LogP) is 2.65. The Morgan fingerprint density at radius 1 is 1.06 bits per heavy atom. The predicted molar refractivity (Wildman–Crippen MR) is 118 cm³/mol. The fraction of sp³-hybridized carbons (Fsp3) is 0.333. The Hall–Kier alpha value is -3.19. The first-order valence-electron chi connectivity index (χ1n) is 10.4. The Bertz CT molecular complexity index is 1170. The van der Waals surface area contributed by atoms with Gasteiger partial charge in [-0.3, -0.25) is 9.59 Å². The number of aryl methyl sites for hydroxylation is 1. The van der Waals surface area contributed by atoms with Crippen molar-refractivity contribution in [3.8, 4) is 5.75 Å². The van der Waals surface area contributed by atoms with E-state index in [9.17, 15) is 14.0 Å². The number of piperazine rings is 1. The van der Waals surface area contributed by atoms with Crippen molar-refractivity contribution in [3.05, 3.63) is 75.8 Å². The van der Waals surface area contributed by atoms with Crippen LogP contribution in [0.5, 0.6) is 5.75 Å². The number of amides is 1. The van der Waals surface area contributed by atoms with Crippen LogP contribution < -0.4 is 10.3 Å². The topological polar surface area (TPSA) is 54.8 Å². The third kappa shape index (κ3) is 4.77. The Morgan fingerprint density at radius 3 is 2.58 bits per heavy atom. The van der Waals surface area contributed by atoms with Crippen molar-refractivity contribution in [3.63, 3.8) is 0 Å². The number of halogens is 1. The number of ether oxygens (including phenoxy) is 1. The average molecular weight is 423 g/mol. The normalized spacial score (nSPS) is 14.7. The quantitative estimate of drug-likeness (QED) is 0.633. The van der Waals surface area contributed by atoms with Gasteiger partial charge in [0, 0.05) is 43.7 Å². The Kier molecular flexibility index (Phi) is 6.04. The largest absolute Gasteiger partial charge is 0.484 e. The van der Waals surface area contributed by atoms with Crippen molar-refractivity contribution < 1.29 is 13.9 Å². The standard InChI is InChI=1S/C24H26FN3O3/c1-17-12-23(29)28(15-18-4-3-5-19(25)13-18)22-14-20(6-7-21(17)22)31-16-24(30)27-10-8-26(2)9-11-27/h3-7,12-14H,8-11,15-16H2,1-2H3. The number of rotatable bonds is 5. The summed E-state index contributed by atoms with van der Waals surface area (Å²) in [5.74, 6) is 0.135. The van der Waals surface area contributed by atoms with Gasteiger partial charge in [-0.25, -0.2) is 4.39 Å². The third-order valence-corrected chi connectivity index (χ3v) is 5.74. The van der Waals surface area contributed by atoms with E-state index >= 15 is 0 Å². The van der Waals surface area contributed by atoms with E-state index in [0.29, 0.717) is 29.9 Å². The van der Waals surface area contributed by atoms with Crippen molar-refractivity contribution in [2.75, 3.05) is 39.8 Å². The van der Waals surface area contributed by atoms with Crippen LogP contribution in [0.2, 0.25) is 0 Å². The molecule has 3 aromatic rings. The Morgan fingerprint density at radius 2 is 1.84 bits per heavy atom.